The van der Waals surface area contributed by atoms with Gasteiger partial charge in [-0.05, 0) is 38.6 Å². The molecule has 1 aliphatic rings. The highest BCUT2D eigenvalue weighted by Crippen LogP contribution is 2.20. The lowest BCUT2D eigenvalue weighted by Gasteiger charge is -2.37. The Kier molecular flexibility index (Phi) is 3.75. The molecule has 1 fully saturated rings. The first kappa shape index (κ1) is 13.8. The van der Waals surface area contributed by atoms with E-state index in [1.807, 2.05) is 7.05 Å². The van der Waals surface area contributed by atoms with E-state index in [2.05, 4.69) is 11.8 Å². The van der Waals surface area contributed by atoms with Crippen molar-refractivity contribution < 1.29 is 9.18 Å². The highest BCUT2D eigenvalue weighted by Gasteiger charge is 2.27. The maximum atomic E-state index is 14.0. The minimum absolute atomic E-state index is 0.0780. The SMILES string of the molecule is Cc1cc(N)cc(C(=O)N2CCN(C)C(C)C2)c1F. The second-order valence-corrected chi connectivity index (χ2v) is 5.28. The number of likely N-dealkylation sites (N-methyl/N-ethyl adjacent to an activating group) is 1. The zero-order valence-electron chi connectivity index (χ0n) is 11.6. The number of rotatable bonds is 1. The summed E-state index contributed by atoms with van der Waals surface area (Å²) in [5, 5.41) is 0. The molecule has 1 aromatic rings. The quantitative estimate of drug-likeness (QED) is 0.783. The minimum atomic E-state index is -0.467. The molecule has 104 valence electrons. The first-order chi connectivity index (χ1) is 8.90. The average Bonchev–Trinajstić information content (AvgIpc) is 2.36. The van der Waals surface area contributed by atoms with Crippen LogP contribution < -0.4 is 5.73 Å². The fourth-order valence-electron chi connectivity index (χ4n) is 2.36. The molecule has 19 heavy (non-hydrogen) atoms. The van der Waals surface area contributed by atoms with Gasteiger partial charge in [-0.3, -0.25) is 4.79 Å². The Morgan fingerprint density at radius 3 is 2.74 bits per heavy atom. The number of nitrogen functional groups attached to an aromatic ring is 1. The van der Waals surface area contributed by atoms with Crippen LogP contribution >= 0.6 is 0 Å². The molecule has 0 aromatic heterocycles. The number of hydrogen-bond donors (Lipinski definition) is 1. The molecule has 2 N–H and O–H groups in total. The smallest absolute Gasteiger partial charge is 0.257 e. The molecule has 1 aromatic carbocycles. The highest BCUT2D eigenvalue weighted by atomic mass is 19.1. The van der Waals surface area contributed by atoms with Crippen molar-refractivity contribution in [2.45, 2.75) is 19.9 Å². The molecule has 1 heterocycles. The molecule has 0 saturated carbocycles. The van der Waals surface area contributed by atoms with E-state index in [1.54, 1.807) is 17.9 Å². The Morgan fingerprint density at radius 2 is 2.11 bits per heavy atom. The van der Waals surface area contributed by atoms with Crippen LogP contribution in [0.1, 0.15) is 22.8 Å². The number of aryl methyl sites for hydroxylation is 1. The standard InChI is InChI=1S/C14H20FN3O/c1-9-6-11(16)7-12(13(9)15)14(19)18-5-4-17(3)10(2)8-18/h6-7,10H,4-5,8,16H2,1-3H3. The molecular weight excluding hydrogens is 245 g/mol. The summed E-state index contributed by atoms with van der Waals surface area (Å²) in [6, 6.07) is 3.25. The van der Waals surface area contributed by atoms with E-state index in [-0.39, 0.29) is 17.5 Å². The van der Waals surface area contributed by atoms with E-state index in [1.165, 1.54) is 6.07 Å². The van der Waals surface area contributed by atoms with Crippen LogP contribution in [0.3, 0.4) is 0 Å². The van der Waals surface area contributed by atoms with Crippen molar-refractivity contribution >= 4 is 11.6 Å². The Hall–Kier alpha value is -1.62. The summed E-state index contributed by atoms with van der Waals surface area (Å²) in [5.41, 5.74) is 6.61. The van der Waals surface area contributed by atoms with Crippen molar-refractivity contribution in [3.63, 3.8) is 0 Å². The Bertz CT molecular complexity index is 504. The maximum absolute atomic E-state index is 14.0. The van der Waals surface area contributed by atoms with E-state index in [0.29, 0.717) is 24.3 Å². The van der Waals surface area contributed by atoms with Gasteiger partial charge in [0.15, 0.2) is 0 Å². The fraction of sp³-hybridized carbons (Fsp3) is 0.500. The predicted molar refractivity (Wildman–Crippen MR) is 73.5 cm³/mol. The summed E-state index contributed by atoms with van der Waals surface area (Å²) < 4.78 is 14.0. The molecule has 1 saturated heterocycles. The van der Waals surface area contributed by atoms with Gasteiger partial charge in [-0.15, -0.1) is 0 Å². The van der Waals surface area contributed by atoms with E-state index < -0.39 is 5.82 Å². The van der Waals surface area contributed by atoms with Gasteiger partial charge in [0.1, 0.15) is 5.82 Å². The number of carbonyl (C=O) groups is 1. The molecule has 0 spiro atoms. The fourth-order valence-corrected chi connectivity index (χ4v) is 2.36. The second-order valence-electron chi connectivity index (χ2n) is 5.28. The van der Waals surface area contributed by atoms with Gasteiger partial charge >= 0.3 is 0 Å². The predicted octanol–water partition coefficient (Wildman–Crippen LogP) is 1.49. The van der Waals surface area contributed by atoms with Crippen molar-refractivity contribution in [3.05, 3.63) is 29.1 Å². The van der Waals surface area contributed by atoms with Gasteiger partial charge in [0.05, 0.1) is 5.56 Å². The number of carbonyl (C=O) groups excluding carboxylic acids is 1. The Morgan fingerprint density at radius 1 is 1.42 bits per heavy atom. The molecule has 5 heteroatoms. The molecule has 0 radical (unpaired) electrons. The van der Waals surface area contributed by atoms with Gasteiger partial charge in [-0.1, -0.05) is 0 Å². The first-order valence-electron chi connectivity index (χ1n) is 6.45. The third-order valence-electron chi connectivity index (χ3n) is 3.75. The number of amides is 1. The zero-order valence-corrected chi connectivity index (χ0v) is 11.6. The lowest BCUT2D eigenvalue weighted by atomic mass is 10.1. The van der Waals surface area contributed by atoms with E-state index in [0.717, 1.165) is 6.54 Å². The van der Waals surface area contributed by atoms with Crippen molar-refractivity contribution in [2.24, 2.45) is 0 Å². The average molecular weight is 265 g/mol. The largest absolute Gasteiger partial charge is 0.399 e. The van der Waals surface area contributed by atoms with Gasteiger partial charge in [-0.25, -0.2) is 4.39 Å². The number of nitrogens with two attached hydrogens (primary N) is 1. The monoisotopic (exact) mass is 265 g/mol. The molecule has 1 aliphatic heterocycles. The van der Waals surface area contributed by atoms with Gasteiger partial charge in [0.2, 0.25) is 0 Å². The van der Waals surface area contributed by atoms with Crippen LogP contribution in [-0.2, 0) is 0 Å². The molecule has 0 aliphatic carbocycles. The van der Waals surface area contributed by atoms with Crippen molar-refractivity contribution in [1.82, 2.24) is 9.80 Å². The van der Waals surface area contributed by atoms with Crippen LogP contribution in [0.4, 0.5) is 10.1 Å². The number of nitrogens with zero attached hydrogens (tertiary/aromatic N) is 2. The maximum Gasteiger partial charge on any atom is 0.257 e. The number of benzene rings is 1. The second kappa shape index (κ2) is 5.17. The number of piperazine rings is 1. The Balaban J connectivity index is 2.25. The normalized spacial score (nSPS) is 20.6. The van der Waals surface area contributed by atoms with Gasteiger partial charge in [0, 0.05) is 31.4 Å². The number of halogens is 1. The summed E-state index contributed by atoms with van der Waals surface area (Å²) in [7, 11) is 2.03. The zero-order chi connectivity index (χ0) is 14.2. The van der Waals surface area contributed by atoms with Gasteiger partial charge < -0.3 is 15.5 Å². The first-order valence-corrected chi connectivity index (χ1v) is 6.45. The van der Waals surface area contributed by atoms with Gasteiger partial charge in [-0.2, -0.15) is 0 Å². The lowest BCUT2D eigenvalue weighted by Crippen LogP contribution is -2.52. The summed E-state index contributed by atoms with van der Waals surface area (Å²) in [6.45, 7) is 5.71. The lowest BCUT2D eigenvalue weighted by molar-refractivity contribution is 0.0568. The molecule has 1 atom stereocenters. The van der Waals surface area contributed by atoms with Gasteiger partial charge in [0.25, 0.3) is 5.91 Å². The van der Waals surface area contributed by atoms with E-state index in [9.17, 15) is 9.18 Å². The van der Waals surface area contributed by atoms with Crippen molar-refractivity contribution in [1.29, 1.82) is 0 Å². The topological polar surface area (TPSA) is 49.6 Å². The van der Waals surface area contributed by atoms with Crippen LogP contribution in [0.25, 0.3) is 0 Å². The molecule has 4 nitrogen and oxygen atoms in total. The summed E-state index contributed by atoms with van der Waals surface area (Å²) >= 11 is 0. The molecule has 1 amide bonds. The Labute approximate surface area is 113 Å². The van der Waals surface area contributed by atoms with Crippen molar-refractivity contribution in [2.75, 3.05) is 32.4 Å². The highest BCUT2D eigenvalue weighted by molar-refractivity contribution is 5.95. The third-order valence-corrected chi connectivity index (χ3v) is 3.75. The summed E-state index contributed by atoms with van der Waals surface area (Å²) in [4.78, 5) is 16.3. The third kappa shape index (κ3) is 2.71. The number of hydrogen-bond acceptors (Lipinski definition) is 3. The van der Waals surface area contributed by atoms with Crippen molar-refractivity contribution in [3.8, 4) is 0 Å². The molecule has 1 unspecified atom stereocenters. The number of anilines is 1. The van der Waals surface area contributed by atoms with E-state index in [4.69, 9.17) is 5.73 Å². The summed E-state index contributed by atoms with van der Waals surface area (Å²) in [6.07, 6.45) is 0. The van der Waals surface area contributed by atoms with E-state index >= 15 is 0 Å². The molecule has 0 bridgehead atoms. The van der Waals surface area contributed by atoms with Crippen LogP contribution in [0.15, 0.2) is 12.1 Å². The minimum Gasteiger partial charge on any atom is -0.399 e. The molecule has 2 rings (SSSR count). The molecular formula is C14H20FN3O. The van der Waals surface area contributed by atoms with Crippen LogP contribution in [0.5, 0.6) is 0 Å². The van der Waals surface area contributed by atoms with Crippen LogP contribution in [0, 0.1) is 12.7 Å². The summed E-state index contributed by atoms with van der Waals surface area (Å²) in [5.74, 6) is -0.737. The van der Waals surface area contributed by atoms with Crippen LogP contribution in [0.2, 0.25) is 0 Å². The van der Waals surface area contributed by atoms with Crippen LogP contribution in [-0.4, -0.2) is 48.4 Å².